The molecule has 0 radical (unpaired) electrons. The van der Waals surface area contributed by atoms with Crippen LogP contribution in [0.3, 0.4) is 0 Å². The van der Waals surface area contributed by atoms with Gasteiger partial charge in [-0.1, -0.05) is 43.0 Å². The van der Waals surface area contributed by atoms with Crippen LogP contribution in [-0.2, 0) is 9.59 Å². The Kier molecular flexibility index (Phi) is 6.35. The van der Waals surface area contributed by atoms with Crippen molar-refractivity contribution in [2.75, 3.05) is 5.32 Å². The van der Waals surface area contributed by atoms with Gasteiger partial charge in [0, 0.05) is 17.9 Å². The van der Waals surface area contributed by atoms with Gasteiger partial charge in [0.25, 0.3) is 0 Å². The highest BCUT2D eigenvalue weighted by Gasteiger charge is 2.31. The Morgan fingerprint density at radius 3 is 2.08 bits per heavy atom. The van der Waals surface area contributed by atoms with Gasteiger partial charge in [0.1, 0.15) is 0 Å². The monoisotopic (exact) mass is 362 g/mol. The van der Waals surface area contributed by atoms with Crippen LogP contribution in [0.5, 0.6) is 0 Å². The standard InChI is InChI=1S/C20H27ClN2O2/c21-17-8-4-5-9-18(17)23-20(25)15-12-10-14(11-13-15)19(24)22-16-6-2-1-3-7-16/h4-5,8-9,14-16H,1-3,6-7,10-13H2,(H,22,24)(H,23,25). The van der Waals surface area contributed by atoms with Crippen LogP contribution in [0.25, 0.3) is 0 Å². The van der Waals surface area contributed by atoms with Gasteiger partial charge >= 0.3 is 0 Å². The molecule has 2 N–H and O–H groups in total. The summed E-state index contributed by atoms with van der Waals surface area (Å²) in [5.74, 6) is 0.234. The molecule has 0 heterocycles. The zero-order valence-corrected chi connectivity index (χ0v) is 15.4. The molecule has 0 atom stereocenters. The number of carbonyl (C=O) groups is 2. The van der Waals surface area contributed by atoms with Gasteiger partial charge in [-0.3, -0.25) is 9.59 Å². The number of halogens is 1. The maximum atomic E-state index is 12.4. The highest BCUT2D eigenvalue weighted by Crippen LogP contribution is 2.31. The van der Waals surface area contributed by atoms with E-state index in [0.717, 1.165) is 38.5 Å². The summed E-state index contributed by atoms with van der Waals surface area (Å²) in [6, 6.07) is 7.64. The molecule has 0 aromatic heterocycles. The normalized spacial score (nSPS) is 24.5. The van der Waals surface area contributed by atoms with Gasteiger partial charge < -0.3 is 10.6 Å². The third-order valence-electron chi connectivity index (χ3n) is 5.55. The predicted molar refractivity (Wildman–Crippen MR) is 101 cm³/mol. The van der Waals surface area contributed by atoms with Crippen molar-refractivity contribution in [3.8, 4) is 0 Å². The van der Waals surface area contributed by atoms with E-state index in [1.807, 2.05) is 18.2 Å². The van der Waals surface area contributed by atoms with E-state index < -0.39 is 0 Å². The van der Waals surface area contributed by atoms with E-state index in [2.05, 4.69) is 10.6 Å². The third-order valence-corrected chi connectivity index (χ3v) is 5.88. The van der Waals surface area contributed by atoms with Crippen LogP contribution >= 0.6 is 11.6 Å². The van der Waals surface area contributed by atoms with Crippen molar-refractivity contribution in [2.24, 2.45) is 11.8 Å². The summed E-state index contributed by atoms with van der Waals surface area (Å²) in [6.45, 7) is 0. The molecule has 2 amide bonds. The molecule has 0 spiro atoms. The van der Waals surface area contributed by atoms with E-state index in [4.69, 9.17) is 11.6 Å². The molecule has 0 aliphatic heterocycles. The van der Waals surface area contributed by atoms with Gasteiger partial charge in [0.05, 0.1) is 10.7 Å². The number of para-hydroxylation sites is 1. The summed E-state index contributed by atoms with van der Waals surface area (Å²) in [5.41, 5.74) is 0.659. The van der Waals surface area contributed by atoms with Gasteiger partial charge in [0.15, 0.2) is 0 Å². The summed E-state index contributed by atoms with van der Waals surface area (Å²) < 4.78 is 0. The van der Waals surface area contributed by atoms with Crippen LogP contribution < -0.4 is 10.6 Å². The Morgan fingerprint density at radius 1 is 0.840 bits per heavy atom. The lowest BCUT2D eigenvalue weighted by atomic mass is 9.80. The second kappa shape index (κ2) is 8.70. The van der Waals surface area contributed by atoms with Crippen LogP contribution in [0.4, 0.5) is 5.69 Å². The van der Waals surface area contributed by atoms with Crippen molar-refractivity contribution in [3.63, 3.8) is 0 Å². The van der Waals surface area contributed by atoms with E-state index >= 15 is 0 Å². The molecule has 1 aromatic carbocycles. The second-order valence-electron chi connectivity index (χ2n) is 7.36. The number of anilines is 1. The number of nitrogens with one attached hydrogen (secondary N) is 2. The van der Waals surface area contributed by atoms with Crippen LogP contribution in [0, 0.1) is 11.8 Å². The maximum absolute atomic E-state index is 12.4. The number of benzene rings is 1. The van der Waals surface area contributed by atoms with E-state index in [1.54, 1.807) is 6.07 Å². The second-order valence-corrected chi connectivity index (χ2v) is 7.77. The molecule has 2 aliphatic rings. The molecule has 2 aliphatic carbocycles. The van der Waals surface area contributed by atoms with Crippen LogP contribution in [0.2, 0.25) is 5.02 Å². The fourth-order valence-electron chi connectivity index (χ4n) is 3.98. The molecule has 25 heavy (non-hydrogen) atoms. The average molecular weight is 363 g/mol. The highest BCUT2D eigenvalue weighted by atomic mass is 35.5. The number of hydrogen-bond acceptors (Lipinski definition) is 2. The molecule has 136 valence electrons. The summed E-state index contributed by atoms with van der Waals surface area (Å²) in [6.07, 6.45) is 9.07. The summed E-state index contributed by atoms with van der Waals surface area (Å²) in [5, 5.41) is 6.69. The van der Waals surface area contributed by atoms with Gasteiger partial charge in [-0.2, -0.15) is 0 Å². The molecule has 1 aromatic rings. The fraction of sp³-hybridized carbons (Fsp3) is 0.600. The molecule has 0 bridgehead atoms. The average Bonchev–Trinajstić information content (AvgIpc) is 2.64. The first-order chi connectivity index (χ1) is 12.1. The van der Waals surface area contributed by atoms with Gasteiger partial charge in [0.2, 0.25) is 11.8 Å². The van der Waals surface area contributed by atoms with E-state index in [1.165, 1.54) is 19.3 Å². The summed E-state index contributed by atoms with van der Waals surface area (Å²) in [4.78, 5) is 24.9. The number of rotatable bonds is 4. The quantitative estimate of drug-likeness (QED) is 0.826. The minimum Gasteiger partial charge on any atom is -0.353 e. The highest BCUT2D eigenvalue weighted by molar-refractivity contribution is 6.33. The Labute approximate surface area is 154 Å². The lowest BCUT2D eigenvalue weighted by molar-refractivity contribution is -0.129. The lowest BCUT2D eigenvalue weighted by Crippen LogP contribution is -2.41. The molecule has 0 saturated heterocycles. The lowest BCUT2D eigenvalue weighted by Gasteiger charge is -2.30. The van der Waals surface area contributed by atoms with Crippen molar-refractivity contribution < 1.29 is 9.59 Å². The Hall–Kier alpha value is -1.55. The number of amides is 2. The van der Waals surface area contributed by atoms with Crippen molar-refractivity contribution >= 4 is 29.1 Å². The van der Waals surface area contributed by atoms with Crippen molar-refractivity contribution in [2.45, 2.75) is 63.8 Å². The molecule has 2 fully saturated rings. The molecule has 5 heteroatoms. The van der Waals surface area contributed by atoms with Crippen molar-refractivity contribution in [1.29, 1.82) is 0 Å². The molecule has 2 saturated carbocycles. The fourth-order valence-corrected chi connectivity index (χ4v) is 4.16. The van der Waals surface area contributed by atoms with Crippen LogP contribution in [0.15, 0.2) is 24.3 Å². The zero-order valence-electron chi connectivity index (χ0n) is 14.6. The van der Waals surface area contributed by atoms with E-state index in [9.17, 15) is 9.59 Å². The Bertz CT molecular complexity index is 605. The molecule has 3 rings (SSSR count). The first-order valence-electron chi connectivity index (χ1n) is 9.49. The zero-order chi connectivity index (χ0) is 17.6. The van der Waals surface area contributed by atoms with E-state index in [-0.39, 0.29) is 23.7 Å². The van der Waals surface area contributed by atoms with Crippen molar-refractivity contribution in [1.82, 2.24) is 5.32 Å². The molecular formula is C20H27ClN2O2. The summed E-state index contributed by atoms with van der Waals surface area (Å²) >= 11 is 6.10. The minimum atomic E-state index is -0.0324. The molecular weight excluding hydrogens is 336 g/mol. The van der Waals surface area contributed by atoms with Crippen LogP contribution in [-0.4, -0.2) is 17.9 Å². The largest absolute Gasteiger partial charge is 0.353 e. The first kappa shape index (κ1) is 18.2. The Morgan fingerprint density at radius 2 is 1.44 bits per heavy atom. The Balaban J connectivity index is 1.45. The number of carbonyl (C=O) groups excluding carboxylic acids is 2. The third kappa shape index (κ3) is 4.97. The first-order valence-corrected chi connectivity index (χ1v) is 9.87. The summed E-state index contributed by atoms with van der Waals surface area (Å²) in [7, 11) is 0. The van der Waals surface area contributed by atoms with Gasteiger partial charge in [-0.05, 0) is 50.7 Å². The predicted octanol–water partition coefficient (Wildman–Crippen LogP) is 4.53. The van der Waals surface area contributed by atoms with E-state index in [0.29, 0.717) is 16.8 Å². The van der Waals surface area contributed by atoms with Gasteiger partial charge in [-0.25, -0.2) is 0 Å². The SMILES string of the molecule is O=C(Nc1ccccc1Cl)C1CCC(C(=O)NC2CCCCC2)CC1. The topological polar surface area (TPSA) is 58.2 Å². The van der Waals surface area contributed by atoms with Crippen molar-refractivity contribution in [3.05, 3.63) is 29.3 Å². The maximum Gasteiger partial charge on any atom is 0.227 e. The smallest absolute Gasteiger partial charge is 0.227 e. The van der Waals surface area contributed by atoms with Crippen LogP contribution in [0.1, 0.15) is 57.8 Å². The molecule has 0 unspecified atom stereocenters. The molecule has 4 nitrogen and oxygen atoms in total. The van der Waals surface area contributed by atoms with Gasteiger partial charge in [-0.15, -0.1) is 0 Å². The number of hydrogen-bond donors (Lipinski definition) is 2. The minimum absolute atomic E-state index is 0.0132.